The van der Waals surface area contributed by atoms with Crippen molar-refractivity contribution in [2.24, 2.45) is 0 Å². The third kappa shape index (κ3) is 4.45. The summed E-state index contributed by atoms with van der Waals surface area (Å²) < 4.78 is 0.965. The predicted molar refractivity (Wildman–Crippen MR) is 93.2 cm³/mol. The van der Waals surface area contributed by atoms with Crippen LogP contribution in [0, 0.1) is 3.57 Å². The summed E-state index contributed by atoms with van der Waals surface area (Å²) in [6, 6.07) is 12.8. The number of hydrogen-bond donors (Lipinski definition) is 2. The average Bonchev–Trinajstić information content (AvgIpc) is 2.49. The van der Waals surface area contributed by atoms with Crippen molar-refractivity contribution in [3.05, 3.63) is 68.3 Å². The molecule has 0 unspecified atom stereocenters. The summed E-state index contributed by atoms with van der Waals surface area (Å²) in [6.45, 7) is 0. The summed E-state index contributed by atoms with van der Waals surface area (Å²) in [5.74, 6) is -1.50. The molecule has 0 saturated heterocycles. The van der Waals surface area contributed by atoms with E-state index in [1.807, 2.05) is 24.3 Å². The van der Waals surface area contributed by atoms with Crippen molar-refractivity contribution in [2.45, 2.75) is 12.5 Å². The van der Waals surface area contributed by atoms with E-state index in [1.165, 1.54) is 0 Å². The van der Waals surface area contributed by atoms with Gasteiger partial charge < -0.3 is 10.4 Å². The third-order valence-electron chi connectivity index (χ3n) is 3.09. The molecule has 22 heavy (non-hydrogen) atoms. The Kier molecular flexibility index (Phi) is 5.79. The lowest BCUT2D eigenvalue weighted by Gasteiger charge is -2.15. The smallest absolute Gasteiger partial charge is 0.326 e. The number of aliphatic carboxylic acids is 1. The molecule has 2 N–H and O–H groups in total. The summed E-state index contributed by atoms with van der Waals surface area (Å²) in [5.41, 5.74) is 1.25. The Bertz CT molecular complexity index is 688. The van der Waals surface area contributed by atoms with Gasteiger partial charge >= 0.3 is 5.97 Å². The summed E-state index contributed by atoms with van der Waals surface area (Å²) in [4.78, 5) is 23.5. The fourth-order valence-corrected chi connectivity index (χ4v) is 2.66. The molecular weight excluding hydrogens is 417 g/mol. The molecule has 0 aliphatic rings. The van der Waals surface area contributed by atoms with Gasteiger partial charge in [0.1, 0.15) is 6.04 Å². The molecule has 2 aromatic rings. The number of carboxylic acids is 1. The number of halogens is 2. The largest absolute Gasteiger partial charge is 0.480 e. The Balaban J connectivity index is 2.12. The van der Waals surface area contributed by atoms with E-state index in [-0.39, 0.29) is 6.42 Å². The number of carboxylic acid groups (broad SMARTS) is 1. The number of benzene rings is 2. The Labute approximate surface area is 146 Å². The van der Waals surface area contributed by atoms with Crippen molar-refractivity contribution < 1.29 is 14.7 Å². The lowest BCUT2D eigenvalue weighted by atomic mass is 10.1. The monoisotopic (exact) mass is 429 g/mol. The molecule has 0 fully saturated rings. The summed E-state index contributed by atoms with van der Waals surface area (Å²) in [6.07, 6.45) is 0.230. The molecule has 0 bridgehead atoms. The summed E-state index contributed by atoms with van der Waals surface area (Å²) in [5, 5.41) is 12.4. The molecule has 0 spiro atoms. The van der Waals surface area contributed by atoms with Gasteiger partial charge in [0, 0.05) is 20.6 Å². The molecule has 0 radical (unpaired) electrons. The second-order valence-corrected chi connectivity index (χ2v) is 6.27. The highest BCUT2D eigenvalue weighted by atomic mass is 127. The number of hydrogen-bond acceptors (Lipinski definition) is 2. The van der Waals surface area contributed by atoms with Crippen LogP contribution in [0.3, 0.4) is 0 Å². The van der Waals surface area contributed by atoms with Gasteiger partial charge in [-0.25, -0.2) is 4.79 Å². The van der Waals surface area contributed by atoms with Crippen molar-refractivity contribution in [1.82, 2.24) is 5.32 Å². The maximum absolute atomic E-state index is 12.1. The first kappa shape index (κ1) is 16.8. The maximum atomic E-state index is 12.1. The molecule has 6 heteroatoms. The van der Waals surface area contributed by atoms with E-state index in [9.17, 15) is 14.7 Å². The van der Waals surface area contributed by atoms with E-state index in [2.05, 4.69) is 27.9 Å². The molecule has 4 nitrogen and oxygen atoms in total. The van der Waals surface area contributed by atoms with Crippen molar-refractivity contribution >= 4 is 46.1 Å². The molecule has 0 saturated carbocycles. The normalized spacial score (nSPS) is 11.7. The van der Waals surface area contributed by atoms with Crippen LogP contribution in [0.15, 0.2) is 48.5 Å². The standard InChI is InChI=1S/C16H13ClINO3/c17-12-7-5-10(6-8-12)15(20)19-14(16(21)22)9-11-3-1-2-4-13(11)18/h1-8,14H,9H2,(H,19,20)(H,21,22)/t14-/m1/s1. The highest BCUT2D eigenvalue weighted by Gasteiger charge is 2.21. The van der Waals surface area contributed by atoms with Gasteiger partial charge in [0.25, 0.3) is 5.91 Å². The fraction of sp³-hybridized carbons (Fsp3) is 0.125. The average molecular weight is 430 g/mol. The van der Waals surface area contributed by atoms with Crippen LogP contribution in [0.4, 0.5) is 0 Å². The van der Waals surface area contributed by atoms with Gasteiger partial charge in [-0.3, -0.25) is 4.79 Å². The second-order valence-electron chi connectivity index (χ2n) is 4.67. The Morgan fingerprint density at radius 3 is 2.36 bits per heavy atom. The van der Waals surface area contributed by atoms with Crippen molar-refractivity contribution in [2.75, 3.05) is 0 Å². The van der Waals surface area contributed by atoms with Gasteiger partial charge in [-0.15, -0.1) is 0 Å². The lowest BCUT2D eigenvalue weighted by molar-refractivity contribution is -0.139. The van der Waals surface area contributed by atoms with Crippen molar-refractivity contribution in [1.29, 1.82) is 0 Å². The zero-order chi connectivity index (χ0) is 16.1. The van der Waals surface area contributed by atoms with E-state index in [0.717, 1.165) is 9.13 Å². The van der Waals surface area contributed by atoms with E-state index in [1.54, 1.807) is 24.3 Å². The van der Waals surface area contributed by atoms with Crippen LogP contribution >= 0.6 is 34.2 Å². The van der Waals surface area contributed by atoms with Crippen LogP contribution in [0.1, 0.15) is 15.9 Å². The molecule has 2 rings (SSSR count). The number of amides is 1. The first-order valence-corrected chi connectivity index (χ1v) is 7.95. The number of rotatable bonds is 5. The number of carbonyl (C=O) groups is 2. The molecule has 0 aliphatic carbocycles. The Morgan fingerprint density at radius 2 is 1.77 bits per heavy atom. The minimum Gasteiger partial charge on any atom is -0.480 e. The topological polar surface area (TPSA) is 66.4 Å². The van der Waals surface area contributed by atoms with Gasteiger partial charge in [0.15, 0.2) is 0 Å². The molecule has 114 valence electrons. The zero-order valence-corrected chi connectivity index (χ0v) is 14.3. The van der Waals surface area contributed by atoms with E-state index < -0.39 is 17.9 Å². The van der Waals surface area contributed by atoms with Crippen molar-refractivity contribution in [3.8, 4) is 0 Å². The second kappa shape index (κ2) is 7.60. The molecule has 1 atom stereocenters. The number of nitrogens with one attached hydrogen (secondary N) is 1. The van der Waals surface area contributed by atoms with Gasteiger partial charge in [0.2, 0.25) is 0 Å². The van der Waals surface area contributed by atoms with Gasteiger partial charge in [-0.1, -0.05) is 29.8 Å². The quantitative estimate of drug-likeness (QED) is 0.716. The van der Waals surface area contributed by atoms with Crippen LogP contribution in [0.25, 0.3) is 0 Å². The summed E-state index contributed by atoms with van der Waals surface area (Å²) >= 11 is 7.92. The van der Waals surface area contributed by atoms with Gasteiger partial charge in [-0.05, 0) is 58.5 Å². The van der Waals surface area contributed by atoms with Crippen LogP contribution in [0.2, 0.25) is 5.02 Å². The highest BCUT2D eigenvalue weighted by Crippen LogP contribution is 2.14. The van der Waals surface area contributed by atoms with Crippen LogP contribution in [0.5, 0.6) is 0 Å². The van der Waals surface area contributed by atoms with E-state index in [0.29, 0.717) is 10.6 Å². The predicted octanol–water partition coefficient (Wildman–Crippen LogP) is 3.37. The first-order valence-electron chi connectivity index (χ1n) is 6.50. The minimum atomic E-state index is -1.07. The Hall–Kier alpha value is -1.60. The van der Waals surface area contributed by atoms with Gasteiger partial charge in [0.05, 0.1) is 0 Å². The van der Waals surface area contributed by atoms with Crippen molar-refractivity contribution in [3.63, 3.8) is 0 Å². The van der Waals surface area contributed by atoms with Gasteiger partial charge in [-0.2, -0.15) is 0 Å². The molecule has 2 aromatic carbocycles. The molecule has 0 aliphatic heterocycles. The van der Waals surface area contributed by atoms with E-state index in [4.69, 9.17) is 11.6 Å². The molecular formula is C16H13ClINO3. The lowest BCUT2D eigenvalue weighted by Crippen LogP contribution is -2.42. The molecule has 1 amide bonds. The molecule has 0 heterocycles. The first-order chi connectivity index (χ1) is 10.5. The van der Waals surface area contributed by atoms with Crippen LogP contribution < -0.4 is 5.32 Å². The SMILES string of the molecule is O=C(N[C@H](Cc1ccccc1I)C(=O)O)c1ccc(Cl)cc1. The minimum absolute atomic E-state index is 0.230. The maximum Gasteiger partial charge on any atom is 0.326 e. The highest BCUT2D eigenvalue weighted by molar-refractivity contribution is 14.1. The number of carbonyl (C=O) groups excluding carboxylic acids is 1. The zero-order valence-electron chi connectivity index (χ0n) is 11.4. The van der Waals surface area contributed by atoms with Crippen LogP contribution in [-0.2, 0) is 11.2 Å². The fourth-order valence-electron chi connectivity index (χ4n) is 1.93. The van der Waals surface area contributed by atoms with E-state index >= 15 is 0 Å². The third-order valence-corrected chi connectivity index (χ3v) is 4.40. The Morgan fingerprint density at radius 1 is 1.14 bits per heavy atom. The van der Waals surface area contributed by atoms with Crippen LogP contribution in [-0.4, -0.2) is 23.0 Å². The summed E-state index contributed by atoms with van der Waals surface area (Å²) in [7, 11) is 0. The molecule has 0 aromatic heterocycles.